The molecule has 0 saturated carbocycles. The zero-order valence-electron chi connectivity index (χ0n) is 19.7. The molecule has 2 aromatic carbocycles. The summed E-state index contributed by atoms with van der Waals surface area (Å²) in [7, 11) is 0. The molecule has 2 aromatic rings. The number of hydrogen-bond donors (Lipinski definition) is 2. The maximum absolute atomic E-state index is 13.2. The second kappa shape index (κ2) is 9.12. The number of para-hydroxylation sites is 1. The Morgan fingerprint density at radius 2 is 1.59 bits per heavy atom. The van der Waals surface area contributed by atoms with Crippen LogP contribution in [0.1, 0.15) is 68.7 Å². The summed E-state index contributed by atoms with van der Waals surface area (Å²) >= 11 is 0. The molecule has 1 atom stereocenters. The van der Waals surface area contributed by atoms with Crippen molar-refractivity contribution < 1.29 is 27.6 Å². The van der Waals surface area contributed by atoms with Crippen LogP contribution in [0.2, 0.25) is 0 Å². The second-order valence-corrected chi connectivity index (χ2v) is 9.19. The van der Waals surface area contributed by atoms with Crippen LogP contribution in [-0.4, -0.2) is 29.3 Å². The lowest BCUT2D eigenvalue weighted by Crippen LogP contribution is -2.42. The molecule has 1 aliphatic heterocycles. The number of halogens is 3. The minimum atomic E-state index is -4.60. The van der Waals surface area contributed by atoms with Crippen LogP contribution >= 0.6 is 0 Å². The standard InChI is InChI=1S/C25H28F3N3O3/c1-14(2)18-10-7-11-19(15(3)4)21(18)29-20(32)13-31-22(33)24(5,30-23(31)34)16-8-6-9-17(12-16)25(26,27)28/h6-12,14-15H,13H2,1-5H3,(H,29,32)(H,30,34). The zero-order chi connectivity index (χ0) is 25.4. The van der Waals surface area contributed by atoms with E-state index in [1.54, 1.807) is 0 Å². The molecular weight excluding hydrogens is 447 g/mol. The van der Waals surface area contributed by atoms with Gasteiger partial charge >= 0.3 is 12.2 Å². The Morgan fingerprint density at radius 3 is 2.12 bits per heavy atom. The summed E-state index contributed by atoms with van der Waals surface area (Å²) in [6.07, 6.45) is -4.60. The van der Waals surface area contributed by atoms with Crippen LogP contribution in [-0.2, 0) is 21.3 Å². The number of carbonyl (C=O) groups is 3. The number of imide groups is 1. The molecule has 1 aliphatic rings. The fourth-order valence-electron chi connectivity index (χ4n) is 4.06. The van der Waals surface area contributed by atoms with Crippen molar-refractivity contribution >= 4 is 23.5 Å². The predicted octanol–water partition coefficient (Wildman–Crippen LogP) is 5.36. The highest BCUT2D eigenvalue weighted by Crippen LogP contribution is 2.35. The SMILES string of the molecule is CC(C)c1cccc(C(C)C)c1NC(=O)CN1C(=O)NC(C)(c2cccc(C(F)(F)F)c2)C1=O. The molecule has 1 heterocycles. The molecule has 0 radical (unpaired) electrons. The Kier molecular flexibility index (Phi) is 6.78. The molecule has 0 aliphatic carbocycles. The van der Waals surface area contributed by atoms with Gasteiger partial charge in [-0.15, -0.1) is 0 Å². The summed E-state index contributed by atoms with van der Waals surface area (Å²) in [4.78, 5) is 39.3. The van der Waals surface area contributed by atoms with E-state index >= 15 is 0 Å². The molecular formula is C25H28F3N3O3. The first-order valence-electron chi connectivity index (χ1n) is 11.0. The molecule has 1 saturated heterocycles. The van der Waals surface area contributed by atoms with E-state index in [0.717, 1.165) is 28.2 Å². The minimum absolute atomic E-state index is 0.0177. The average molecular weight is 476 g/mol. The maximum atomic E-state index is 13.2. The third kappa shape index (κ3) is 4.78. The maximum Gasteiger partial charge on any atom is 0.416 e. The predicted molar refractivity (Wildman–Crippen MR) is 122 cm³/mol. The number of benzene rings is 2. The van der Waals surface area contributed by atoms with Gasteiger partial charge in [0, 0.05) is 5.69 Å². The van der Waals surface area contributed by atoms with Gasteiger partial charge < -0.3 is 10.6 Å². The number of nitrogens with one attached hydrogen (secondary N) is 2. The Morgan fingerprint density at radius 1 is 1.03 bits per heavy atom. The summed E-state index contributed by atoms with van der Waals surface area (Å²) < 4.78 is 39.5. The van der Waals surface area contributed by atoms with E-state index in [4.69, 9.17) is 0 Å². The molecule has 0 bridgehead atoms. The van der Waals surface area contributed by atoms with E-state index in [1.807, 2.05) is 45.9 Å². The van der Waals surface area contributed by atoms with Gasteiger partial charge in [-0.25, -0.2) is 4.79 Å². The van der Waals surface area contributed by atoms with Crippen molar-refractivity contribution in [1.29, 1.82) is 0 Å². The van der Waals surface area contributed by atoms with Crippen molar-refractivity contribution in [2.45, 2.75) is 58.2 Å². The first kappa shape index (κ1) is 25.3. The topological polar surface area (TPSA) is 78.5 Å². The highest BCUT2D eigenvalue weighted by molar-refractivity contribution is 6.10. The molecule has 4 amide bonds. The zero-order valence-corrected chi connectivity index (χ0v) is 19.7. The fourth-order valence-corrected chi connectivity index (χ4v) is 4.06. The summed E-state index contributed by atoms with van der Waals surface area (Å²) in [6, 6.07) is 9.11. The molecule has 9 heteroatoms. The second-order valence-electron chi connectivity index (χ2n) is 9.19. The van der Waals surface area contributed by atoms with Crippen LogP contribution in [0.4, 0.5) is 23.7 Å². The van der Waals surface area contributed by atoms with E-state index in [1.165, 1.54) is 19.1 Å². The van der Waals surface area contributed by atoms with E-state index < -0.39 is 41.7 Å². The third-order valence-electron chi connectivity index (χ3n) is 5.98. The van der Waals surface area contributed by atoms with Crippen LogP contribution in [0.3, 0.4) is 0 Å². The number of anilines is 1. The number of nitrogens with zero attached hydrogens (tertiary/aromatic N) is 1. The van der Waals surface area contributed by atoms with Gasteiger partial charge in [-0.1, -0.05) is 58.0 Å². The summed E-state index contributed by atoms with van der Waals surface area (Å²) in [5.41, 5.74) is -0.189. The van der Waals surface area contributed by atoms with E-state index in [0.29, 0.717) is 5.69 Å². The normalized spacial score (nSPS) is 18.6. The largest absolute Gasteiger partial charge is 0.416 e. The Hall–Kier alpha value is -3.36. The van der Waals surface area contributed by atoms with Crippen LogP contribution < -0.4 is 10.6 Å². The van der Waals surface area contributed by atoms with E-state index in [9.17, 15) is 27.6 Å². The number of amides is 4. The number of alkyl halides is 3. The van der Waals surface area contributed by atoms with Gasteiger partial charge in [-0.3, -0.25) is 14.5 Å². The van der Waals surface area contributed by atoms with Gasteiger partial charge in [0.05, 0.1) is 5.56 Å². The van der Waals surface area contributed by atoms with Crippen molar-refractivity contribution in [3.63, 3.8) is 0 Å². The fraction of sp³-hybridized carbons (Fsp3) is 0.400. The lowest BCUT2D eigenvalue weighted by Gasteiger charge is -2.23. The first-order valence-corrected chi connectivity index (χ1v) is 11.0. The molecule has 182 valence electrons. The molecule has 0 spiro atoms. The van der Waals surface area contributed by atoms with Crippen LogP contribution in [0, 0.1) is 0 Å². The Balaban J connectivity index is 1.85. The minimum Gasteiger partial charge on any atom is -0.324 e. The highest BCUT2D eigenvalue weighted by Gasteiger charge is 2.50. The monoisotopic (exact) mass is 475 g/mol. The number of hydrogen-bond acceptors (Lipinski definition) is 3. The van der Waals surface area contributed by atoms with Crippen molar-refractivity contribution in [2.24, 2.45) is 0 Å². The van der Waals surface area contributed by atoms with Crippen LogP contribution in [0.5, 0.6) is 0 Å². The van der Waals surface area contributed by atoms with Gasteiger partial charge in [-0.05, 0) is 47.6 Å². The van der Waals surface area contributed by atoms with Crippen molar-refractivity contribution in [2.75, 3.05) is 11.9 Å². The summed E-state index contributed by atoms with van der Waals surface area (Å²) in [5.74, 6) is -1.13. The number of urea groups is 1. The van der Waals surface area contributed by atoms with Crippen LogP contribution in [0.25, 0.3) is 0 Å². The van der Waals surface area contributed by atoms with Gasteiger partial charge in [0.25, 0.3) is 5.91 Å². The van der Waals surface area contributed by atoms with Gasteiger partial charge in [0.1, 0.15) is 12.1 Å². The Labute approximate surface area is 196 Å². The van der Waals surface area contributed by atoms with Gasteiger partial charge in [-0.2, -0.15) is 13.2 Å². The number of rotatable bonds is 6. The van der Waals surface area contributed by atoms with E-state index in [2.05, 4.69) is 10.6 Å². The quantitative estimate of drug-likeness (QED) is 0.553. The Bertz CT molecular complexity index is 1100. The van der Waals surface area contributed by atoms with Gasteiger partial charge in [0.15, 0.2) is 0 Å². The third-order valence-corrected chi connectivity index (χ3v) is 5.98. The summed E-state index contributed by atoms with van der Waals surface area (Å²) in [6.45, 7) is 8.73. The molecule has 0 aromatic heterocycles. The highest BCUT2D eigenvalue weighted by atomic mass is 19.4. The molecule has 6 nitrogen and oxygen atoms in total. The average Bonchev–Trinajstić information content (AvgIpc) is 2.97. The van der Waals surface area contributed by atoms with Crippen LogP contribution in [0.15, 0.2) is 42.5 Å². The lowest BCUT2D eigenvalue weighted by molar-refractivity contribution is -0.138. The van der Waals surface area contributed by atoms with Crippen molar-refractivity contribution in [1.82, 2.24) is 10.2 Å². The molecule has 2 N–H and O–H groups in total. The molecule has 34 heavy (non-hydrogen) atoms. The van der Waals surface area contributed by atoms with Crippen molar-refractivity contribution in [3.05, 3.63) is 64.7 Å². The van der Waals surface area contributed by atoms with Crippen molar-refractivity contribution in [3.8, 4) is 0 Å². The molecule has 3 rings (SSSR count). The first-order chi connectivity index (χ1) is 15.8. The smallest absolute Gasteiger partial charge is 0.324 e. The lowest BCUT2D eigenvalue weighted by atomic mass is 9.90. The molecule has 1 unspecified atom stereocenters. The molecule has 1 fully saturated rings. The summed E-state index contributed by atoms with van der Waals surface area (Å²) in [5, 5.41) is 5.29. The van der Waals surface area contributed by atoms with Gasteiger partial charge in [0.2, 0.25) is 5.91 Å². The van der Waals surface area contributed by atoms with E-state index in [-0.39, 0.29) is 17.4 Å². The number of carbonyl (C=O) groups excluding carboxylic acids is 3.